The number of amides is 2. The smallest absolute Gasteiger partial charge is 0.430 e. The first kappa shape index (κ1) is 19.9. The van der Waals surface area contributed by atoms with E-state index < -0.39 is 30.8 Å². The van der Waals surface area contributed by atoms with Crippen LogP contribution < -0.4 is 20.9 Å². The van der Waals surface area contributed by atoms with E-state index in [0.717, 1.165) is 0 Å². The molecule has 7 N–H and O–H groups in total. The number of carboxylic acids is 1. The standard InChI is InChI=1S/C16H21BN3O8/c18-10(15(19)22)5-12(21)20-6-9(7-20)27-11-2-1-8-3-4-17(25,26)28-14(8)13(11)16(23)24/h1-2,9-10,25-26H,3-7,18H2,(H2,19,22)(H,23,24)/q-1/t10-/m1/s1. The molecule has 28 heavy (non-hydrogen) atoms. The first-order valence-electron chi connectivity index (χ1n) is 8.75. The Kier molecular flexibility index (Phi) is 5.19. The number of hydrogen-bond acceptors (Lipinski definition) is 8. The Labute approximate surface area is 159 Å². The summed E-state index contributed by atoms with van der Waals surface area (Å²) >= 11 is 0. The van der Waals surface area contributed by atoms with E-state index in [2.05, 4.69) is 0 Å². The summed E-state index contributed by atoms with van der Waals surface area (Å²) in [4.78, 5) is 36.1. The van der Waals surface area contributed by atoms with Crippen LogP contribution in [-0.4, -0.2) is 69.8 Å². The number of primary amides is 1. The third-order valence-corrected chi connectivity index (χ3v) is 4.77. The van der Waals surface area contributed by atoms with Crippen LogP contribution in [0, 0.1) is 0 Å². The second kappa shape index (κ2) is 7.30. The lowest BCUT2D eigenvalue weighted by Gasteiger charge is -2.40. The predicted octanol–water partition coefficient (Wildman–Crippen LogP) is -1.96. The van der Waals surface area contributed by atoms with Gasteiger partial charge in [0.25, 0.3) is 0 Å². The Bertz CT molecular complexity index is 824. The van der Waals surface area contributed by atoms with E-state index in [9.17, 15) is 29.5 Å². The lowest BCUT2D eigenvalue weighted by Crippen LogP contribution is -2.57. The van der Waals surface area contributed by atoms with Gasteiger partial charge in [-0.05, 0) is 18.1 Å². The van der Waals surface area contributed by atoms with Crippen LogP contribution in [0.25, 0.3) is 0 Å². The third kappa shape index (κ3) is 4.03. The summed E-state index contributed by atoms with van der Waals surface area (Å²) in [6.45, 7) is -2.74. The molecule has 3 rings (SSSR count). The molecule has 2 aliphatic heterocycles. The maximum Gasteiger partial charge on any atom is 0.430 e. The number of rotatable bonds is 6. The highest BCUT2D eigenvalue weighted by Crippen LogP contribution is 2.38. The fourth-order valence-electron chi connectivity index (χ4n) is 3.14. The number of nitrogens with two attached hydrogens (primary N) is 2. The lowest BCUT2D eigenvalue weighted by molar-refractivity contribution is -0.141. The quantitative estimate of drug-likeness (QED) is 0.341. The molecule has 1 fully saturated rings. The predicted molar refractivity (Wildman–Crippen MR) is 95.5 cm³/mol. The minimum Gasteiger partial charge on any atom is -0.669 e. The minimum atomic E-state index is -3.12. The molecule has 1 aromatic carbocycles. The number of benzene rings is 1. The fourth-order valence-corrected chi connectivity index (χ4v) is 3.14. The molecular weight excluding hydrogens is 373 g/mol. The maximum atomic E-state index is 12.0. The highest BCUT2D eigenvalue weighted by molar-refractivity contribution is 6.59. The molecule has 152 valence electrons. The number of carbonyl (C=O) groups is 3. The van der Waals surface area contributed by atoms with Crippen molar-refractivity contribution in [1.29, 1.82) is 0 Å². The van der Waals surface area contributed by atoms with Crippen molar-refractivity contribution in [2.45, 2.75) is 31.3 Å². The van der Waals surface area contributed by atoms with Crippen molar-refractivity contribution in [3.05, 3.63) is 23.3 Å². The number of ether oxygens (including phenoxy) is 1. The van der Waals surface area contributed by atoms with Gasteiger partial charge in [0.05, 0.1) is 31.3 Å². The van der Waals surface area contributed by atoms with E-state index in [0.29, 0.717) is 5.56 Å². The van der Waals surface area contributed by atoms with E-state index in [-0.39, 0.29) is 55.2 Å². The number of aryl methyl sites for hydroxylation is 1. The van der Waals surface area contributed by atoms with Crippen LogP contribution in [0.2, 0.25) is 6.32 Å². The van der Waals surface area contributed by atoms with E-state index in [4.69, 9.17) is 20.9 Å². The van der Waals surface area contributed by atoms with Crippen molar-refractivity contribution in [1.82, 2.24) is 4.90 Å². The average molecular weight is 394 g/mol. The van der Waals surface area contributed by atoms with Crippen molar-refractivity contribution in [3.63, 3.8) is 0 Å². The molecule has 0 radical (unpaired) electrons. The summed E-state index contributed by atoms with van der Waals surface area (Å²) in [6.07, 6.45) is -0.451. The van der Waals surface area contributed by atoms with Gasteiger partial charge < -0.3 is 40.9 Å². The Morgan fingerprint density at radius 3 is 2.61 bits per heavy atom. The number of likely N-dealkylation sites (tertiary alicyclic amines) is 1. The van der Waals surface area contributed by atoms with Gasteiger partial charge in [-0.25, -0.2) is 4.79 Å². The molecule has 11 nitrogen and oxygen atoms in total. The van der Waals surface area contributed by atoms with Crippen molar-refractivity contribution >= 4 is 24.5 Å². The second-order valence-electron chi connectivity index (χ2n) is 7.00. The minimum absolute atomic E-state index is 0.00527. The zero-order valence-corrected chi connectivity index (χ0v) is 14.9. The largest absolute Gasteiger partial charge is 0.669 e. The van der Waals surface area contributed by atoms with Crippen LogP contribution in [0.3, 0.4) is 0 Å². The van der Waals surface area contributed by atoms with Gasteiger partial charge in [-0.2, -0.15) is 0 Å². The molecular formula is C16H21BN3O8-. The molecule has 2 amide bonds. The van der Waals surface area contributed by atoms with Gasteiger partial charge in [0.2, 0.25) is 11.8 Å². The number of carboxylic acid groups (broad SMARTS) is 1. The van der Waals surface area contributed by atoms with Crippen molar-refractivity contribution in [2.24, 2.45) is 11.5 Å². The molecule has 1 atom stereocenters. The van der Waals surface area contributed by atoms with E-state index in [1.807, 2.05) is 0 Å². The maximum absolute atomic E-state index is 12.0. The van der Waals surface area contributed by atoms with E-state index in [1.54, 1.807) is 6.07 Å². The fraction of sp³-hybridized carbons (Fsp3) is 0.438. The van der Waals surface area contributed by atoms with Gasteiger partial charge in [0, 0.05) is 0 Å². The molecule has 0 saturated carbocycles. The van der Waals surface area contributed by atoms with Gasteiger partial charge in [0.15, 0.2) is 0 Å². The Hall–Kier alpha value is -2.83. The number of fused-ring (bicyclic) bond motifs is 1. The monoisotopic (exact) mass is 394 g/mol. The van der Waals surface area contributed by atoms with Crippen molar-refractivity contribution in [3.8, 4) is 11.5 Å². The molecule has 1 saturated heterocycles. The summed E-state index contributed by atoms with van der Waals surface area (Å²) in [5, 5.41) is 29.0. The van der Waals surface area contributed by atoms with Crippen LogP contribution in [0.5, 0.6) is 11.5 Å². The zero-order valence-electron chi connectivity index (χ0n) is 14.9. The number of hydrogen-bond donors (Lipinski definition) is 5. The first-order valence-corrected chi connectivity index (χ1v) is 8.75. The van der Waals surface area contributed by atoms with Crippen LogP contribution >= 0.6 is 0 Å². The summed E-state index contributed by atoms with van der Waals surface area (Å²) in [5.74, 6) is -2.58. The normalized spacial score (nSPS) is 19.0. The molecule has 0 unspecified atom stereocenters. The zero-order chi connectivity index (χ0) is 20.6. The van der Waals surface area contributed by atoms with Gasteiger partial charge in [0.1, 0.15) is 17.4 Å². The van der Waals surface area contributed by atoms with E-state index in [1.165, 1.54) is 11.0 Å². The van der Waals surface area contributed by atoms with Crippen LogP contribution in [-0.2, 0) is 16.0 Å². The SMILES string of the molecule is NC(=O)[C@H](N)CC(=O)N1CC(Oc2ccc3c(c2C(=O)O)O[B-](O)(O)CC3)C1. The van der Waals surface area contributed by atoms with Gasteiger partial charge >= 0.3 is 12.7 Å². The average Bonchev–Trinajstić information content (AvgIpc) is 2.55. The van der Waals surface area contributed by atoms with Gasteiger partial charge in [-0.1, -0.05) is 12.4 Å². The third-order valence-electron chi connectivity index (χ3n) is 4.77. The van der Waals surface area contributed by atoms with Crippen molar-refractivity contribution in [2.75, 3.05) is 13.1 Å². The number of carbonyl (C=O) groups excluding carboxylic acids is 2. The summed E-state index contributed by atoms with van der Waals surface area (Å²) in [5.41, 5.74) is 10.7. The van der Waals surface area contributed by atoms with Crippen LogP contribution in [0.1, 0.15) is 22.3 Å². The summed E-state index contributed by atoms with van der Waals surface area (Å²) < 4.78 is 10.8. The molecule has 0 bridgehead atoms. The van der Waals surface area contributed by atoms with E-state index >= 15 is 0 Å². The Morgan fingerprint density at radius 2 is 2.00 bits per heavy atom. The number of aromatic carboxylic acids is 1. The highest BCUT2D eigenvalue weighted by Gasteiger charge is 2.36. The molecule has 1 aromatic rings. The highest BCUT2D eigenvalue weighted by atomic mass is 16.6. The summed E-state index contributed by atoms with van der Waals surface area (Å²) in [7, 11) is 0. The first-order chi connectivity index (χ1) is 13.1. The topological polar surface area (TPSA) is 186 Å². The summed E-state index contributed by atoms with van der Waals surface area (Å²) in [6, 6.07) is 2.02. The molecule has 0 aromatic heterocycles. The molecule has 2 aliphatic rings. The van der Waals surface area contributed by atoms with Crippen molar-refractivity contribution < 1.29 is 38.9 Å². The van der Waals surface area contributed by atoms with Gasteiger partial charge in [-0.3, -0.25) is 9.59 Å². The lowest BCUT2D eigenvalue weighted by atomic mass is 9.70. The Balaban J connectivity index is 1.69. The molecule has 0 aliphatic carbocycles. The van der Waals surface area contributed by atoms with Gasteiger partial charge in [-0.15, -0.1) is 0 Å². The molecule has 0 spiro atoms. The second-order valence-corrected chi connectivity index (χ2v) is 7.00. The van der Waals surface area contributed by atoms with Crippen LogP contribution in [0.4, 0.5) is 0 Å². The van der Waals surface area contributed by atoms with Crippen LogP contribution in [0.15, 0.2) is 12.1 Å². The molecule has 12 heteroatoms. The Morgan fingerprint density at radius 1 is 1.32 bits per heavy atom. The number of nitrogens with zero attached hydrogens (tertiary/aromatic N) is 1. The molecule has 2 heterocycles.